The Morgan fingerprint density at radius 3 is 2.60 bits per heavy atom. The molecule has 2 aromatic rings. The van der Waals surface area contributed by atoms with Crippen LogP contribution in [0.15, 0.2) is 24.4 Å². The Morgan fingerprint density at radius 2 is 2.00 bits per heavy atom. The lowest BCUT2D eigenvalue weighted by molar-refractivity contribution is -0.131. The van der Waals surface area contributed by atoms with Crippen molar-refractivity contribution in [3.8, 4) is 23.7 Å². The Kier molecular flexibility index (Phi) is 6.94. The van der Waals surface area contributed by atoms with E-state index < -0.39 is 20.5 Å². The number of carbonyl (C=O) groups excluding carboxylic acids is 1. The van der Waals surface area contributed by atoms with Gasteiger partial charge in [0.25, 0.3) is 5.91 Å². The van der Waals surface area contributed by atoms with Gasteiger partial charge < -0.3 is 5.73 Å². The number of nitrogens with one attached hydrogen (secondary N) is 1. The summed E-state index contributed by atoms with van der Waals surface area (Å²) in [6.45, 7) is 5.25. The summed E-state index contributed by atoms with van der Waals surface area (Å²) in [5.41, 5.74) is 8.43. The van der Waals surface area contributed by atoms with Gasteiger partial charge in [0.1, 0.15) is 0 Å². The summed E-state index contributed by atoms with van der Waals surface area (Å²) in [6, 6.07) is 5.49. The van der Waals surface area contributed by atoms with Crippen molar-refractivity contribution in [2.45, 2.75) is 50.4 Å². The lowest BCUT2D eigenvalue weighted by atomic mass is 10.0. The fourth-order valence-electron chi connectivity index (χ4n) is 2.60. The number of nitrogens with two attached hydrogens (primary N) is 1. The third-order valence-corrected chi connectivity index (χ3v) is 6.70. The van der Waals surface area contributed by atoms with Gasteiger partial charge in [0.2, 0.25) is 0 Å². The van der Waals surface area contributed by atoms with E-state index in [0.29, 0.717) is 11.9 Å². The standard InChI is InChI=1S/C21H26N4O4S/c1-20(2,22)11-7-5-6-8-16-9-10-18-17(14-16)15-25(23-18)13-12-21(3,19(26)24-27)30(4,28)29/h9-10,14-15,27H,11-13,22H2,1-4H3,(H,24,26)/t21-/m1/s1. The van der Waals surface area contributed by atoms with Gasteiger partial charge in [0.05, 0.1) is 5.52 Å². The number of aryl methyl sites for hydroxylation is 1. The van der Waals surface area contributed by atoms with Crippen LogP contribution in [-0.4, -0.2) is 45.9 Å². The number of nitrogens with zero attached hydrogens (tertiary/aromatic N) is 2. The average Bonchev–Trinajstić information content (AvgIpc) is 3.05. The van der Waals surface area contributed by atoms with E-state index >= 15 is 0 Å². The first kappa shape index (κ1) is 23.4. The Hall–Kier alpha value is -2.85. The molecule has 0 aliphatic carbocycles. The first-order chi connectivity index (χ1) is 13.9. The second-order valence-corrected chi connectivity index (χ2v) is 10.5. The van der Waals surface area contributed by atoms with Crippen molar-refractivity contribution in [3.05, 3.63) is 30.0 Å². The molecule has 8 nitrogen and oxygen atoms in total. The number of amides is 1. The van der Waals surface area contributed by atoms with Crippen LogP contribution in [0.5, 0.6) is 0 Å². The Labute approximate surface area is 176 Å². The van der Waals surface area contributed by atoms with Crippen LogP contribution in [0.3, 0.4) is 0 Å². The zero-order valence-corrected chi connectivity index (χ0v) is 18.3. The van der Waals surface area contributed by atoms with Crippen molar-refractivity contribution in [2.75, 3.05) is 6.26 Å². The topological polar surface area (TPSA) is 127 Å². The van der Waals surface area contributed by atoms with Gasteiger partial charge in [-0.2, -0.15) is 5.10 Å². The van der Waals surface area contributed by atoms with Crippen molar-refractivity contribution in [2.24, 2.45) is 5.73 Å². The first-order valence-electron chi connectivity index (χ1n) is 9.25. The SMILES string of the molecule is CC(C)(N)CC#CC#Cc1ccc2nn(CC[C@](C)(C(=O)NO)S(C)(=O)=O)cc2c1. The van der Waals surface area contributed by atoms with E-state index in [2.05, 4.69) is 28.8 Å². The predicted octanol–water partition coefficient (Wildman–Crippen LogP) is 1.22. The fraction of sp³-hybridized carbons (Fsp3) is 0.429. The predicted molar refractivity (Wildman–Crippen MR) is 115 cm³/mol. The van der Waals surface area contributed by atoms with Crippen LogP contribution in [-0.2, 0) is 21.2 Å². The summed E-state index contributed by atoms with van der Waals surface area (Å²) in [7, 11) is -3.76. The highest BCUT2D eigenvalue weighted by Crippen LogP contribution is 2.23. The van der Waals surface area contributed by atoms with Crippen molar-refractivity contribution in [1.82, 2.24) is 15.3 Å². The van der Waals surface area contributed by atoms with Crippen LogP contribution in [0.25, 0.3) is 10.9 Å². The number of benzene rings is 1. The molecule has 1 aromatic heterocycles. The molecule has 0 saturated heterocycles. The number of aromatic nitrogens is 2. The van der Waals surface area contributed by atoms with Gasteiger partial charge in [0, 0.05) is 41.9 Å². The zero-order valence-electron chi connectivity index (χ0n) is 17.5. The van der Waals surface area contributed by atoms with Gasteiger partial charge in [-0.3, -0.25) is 14.7 Å². The number of carbonyl (C=O) groups is 1. The lowest BCUT2D eigenvalue weighted by Gasteiger charge is -2.24. The molecule has 0 radical (unpaired) electrons. The Balaban J connectivity index is 2.18. The summed E-state index contributed by atoms with van der Waals surface area (Å²) >= 11 is 0. The third kappa shape index (κ3) is 5.83. The van der Waals surface area contributed by atoms with Crippen LogP contribution in [0.1, 0.15) is 39.2 Å². The van der Waals surface area contributed by atoms with E-state index in [1.807, 2.05) is 32.0 Å². The molecule has 1 amide bonds. The van der Waals surface area contributed by atoms with Crippen LogP contribution < -0.4 is 11.2 Å². The number of fused-ring (bicyclic) bond motifs is 1. The number of hydrogen-bond donors (Lipinski definition) is 3. The maximum Gasteiger partial charge on any atom is 0.264 e. The number of hydroxylamine groups is 1. The van der Waals surface area contributed by atoms with Gasteiger partial charge >= 0.3 is 0 Å². The number of rotatable bonds is 6. The quantitative estimate of drug-likeness (QED) is 0.359. The lowest BCUT2D eigenvalue weighted by Crippen LogP contribution is -2.49. The summed E-state index contributed by atoms with van der Waals surface area (Å²) in [5.74, 6) is 10.5. The number of hydrogen-bond acceptors (Lipinski definition) is 6. The molecule has 0 bridgehead atoms. The van der Waals surface area contributed by atoms with Gasteiger partial charge in [-0.1, -0.05) is 11.8 Å². The zero-order chi connectivity index (χ0) is 22.6. The van der Waals surface area contributed by atoms with Crippen LogP contribution in [0.2, 0.25) is 0 Å². The number of sulfone groups is 1. The second kappa shape index (κ2) is 8.88. The monoisotopic (exact) mass is 430 g/mol. The average molecular weight is 431 g/mol. The molecule has 30 heavy (non-hydrogen) atoms. The van der Waals surface area contributed by atoms with Crippen LogP contribution in [0.4, 0.5) is 0 Å². The summed E-state index contributed by atoms with van der Waals surface area (Å²) in [4.78, 5) is 11.9. The molecule has 9 heteroatoms. The maximum absolute atomic E-state index is 12.1. The highest BCUT2D eigenvalue weighted by atomic mass is 32.2. The highest BCUT2D eigenvalue weighted by molar-refractivity contribution is 7.92. The molecule has 4 N–H and O–H groups in total. The largest absolute Gasteiger partial charge is 0.325 e. The van der Waals surface area contributed by atoms with E-state index in [4.69, 9.17) is 10.9 Å². The van der Waals surface area contributed by atoms with Crippen molar-refractivity contribution < 1.29 is 18.4 Å². The summed E-state index contributed by atoms with van der Waals surface area (Å²) < 4.78 is 23.9. The summed E-state index contributed by atoms with van der Waals surface area (Å²) in [5, 5.41) is 14.1. The van der Waals surface area contributed by atoms with E-state index in [1.165, 1.54) is 12.4 Å². The minimum Gasteiger partial charge on any atom is -0.325 e. The Morgan fingerprint density at radius 1 is 1.30 bits per heavy atom. The molecule has 0 aliphatic rings. The van der Waals surface area contributed by atoms with E-state index in [1.54, 1.807) is 10.9 Å². The van der Waals surface area contributed by atoms with Crippen molar-refractivity contribution in [3.63, 3.8) is 0 Å². The van der Waals surface area contributed by atoms with E-state index in [9.17, 15) is 13.2 Å². The summed E-state index contributed by atoms with van der Waals surface area (Å²) in [6.07, 6.45) is 3.22. The van der Waals surface area contributed by atoms with Crippen LogP contribution in [0, 0.1) is 23.7 Å². The minimum absolute atomic E-state index is 0.0496. The molecule has 160 valence electrons. The third-order valence-electron chi connectivity index (χ3n) is 4.67. The highest BCUT2D eigenvalue weighted by Gasteiger charge is 2.43. The molecule has 0 aliphatic heterocycles. The minimum atomic E-state index is -3.76. The fourth-order valence-corrected chi connectivity index (χ4v) is 3.45. The molecule has 0 spiro atoms. The van der Waals surface area contributed by atoms with E-state index in [-0.39, 0.29) is 18.5 Å². The molecule has 1 heterocycles. The molecule has 1 atom stereocenters. The van der Waals surface area contributed by atoms with Gasteiger partial charge in [-0.05, 0) is 57.2 Å². The van der Waals surface area contributed by atoms with Crippen molar-refractivity contribution >= 4 is 26.6 Å². The van der Waals surface area contributed by atoms with Gasteiger partial charge in [-0.25, -0.2) is 13.9 Å². The van der Waals surface area contributed by atoms with E-state index in [0.717, 1.165) is 17.2 Å². The molecular weight excluding hydrogens is 404 g/mol. The molecular formula is C21H26N4O4S. The molecule has 2 rings (SSSR count). The first-order valence-corrected chi connectivity index (χ1v) is 11.1. The molecule has 1 aromatic carbocycles. The van der Waals surface area contributed by atoms with Gasteiger partial charge in [0.15, 0.2) is 14.6 Å². The maximum atomic E-state index is 12.1. The normalized spacial score (nSPS) is 13.5. The smallest absolute Gasteiger partial charge is 0.264 e. The van der Waals surface area contributed by atoms with Crippen molar-refractivity contribution in [1.29, 1.82) is 0 Å². The van der Waals surface area contributed by atoms with Gasteiger partial charge in [-0.15, -0.1) is 0 Å². The molecule has 0 fully saturated rings. The molecule has 0 saturated carbocycles. The Bertz CT molecular complexity index is 1170. The van der Waals surface area contributed by atoms with Crippen LogP contribution >= 0.6 is 0 Å². The second-order valence-electron chi connectivity index (χ2n) is 8.08. The molecule has 0 unspecified atom stereocenters.